The highest BCUT2D eigenvalue weighted by Gasteiger charge is 2.13. The number of nitrogens with zero attached hydrogens (tertiary/aromatic N) is 2. The van der Waals surface area contributed by atoms with Crippen molar-refractivity contribution in [1.82, 2.24) is 14.9 Å². The largest absolute Gasteiger partial charge is 0.309 e. The van der Waals surface area contributed by atoms with E-state index in [1.54, 1.807) is 0 Å². The fourth-order valence-electron chi connectivity index (χ4n) is 1.75. The van der Waals surface area contributed by atoms with Crippen LogP contribution in [-0.4, -0.2) is 16.1 Å². The third kappa shape index (κ3) is 3.59. The van der Waals surface area contributed by atoms with Gasteiger partial charge >= 0.3 is 0 Å². The monoisotopic (exact) mass is 311 g/mol. The van der Waals surface area contributed by atoms with Gasteiger partial charge in [-0.3, -0.25) is 0 Å². The van der Waals surface area contributed by atoms with Crippen molar-refractivity contribution >= 4 is 27.5 Å². The Kier molecular flexibility index (Phi) is 4.65. The standard InChI is InChI=1S/C12H14BrN3S/c1-2-14-11(12-8-15-16-17-12)7-9-4-3-5-10(13)6-9/h3-6,8,11,14H,2,7H2,1H3. The SMILES string of the molecule is CCNC(Cc1cccc(Br)c1)c1cnns1. The Balaban J connectivity index is 2.13. The molecule has 3 nitrogen and oxygen atoms in total. The predicted octanol–water partition coefficient (Wildman–Crippen LogP) is 3.19. The summed E-state index contributed by atoms with van der Waals surface area (Å²) in [6.45, 7) is 3.05. The van der Waals surface area contributed by atoms with Gasteiger partial charge in [-0.1, -0.05) is 39.5 Å². The molecule has 0 radical (unpaired) electrons. The molecule has 0 bridgehead atoms. The molecule has 2 rings (SSSR count). The second-order valence-electron chi connectivity index (χ2n) is 3.76. The molecule has 1 atom stereocenters. The van der Waals surface area contributed by atoms with E-state index in [-0.39, 0.29) is 0 Å². The Hall–Kier alpha value is -0.780. The average Bonchev–Trinajstić information content (AvgIpc) is 2.82. The van der Waals surface area contributed by atoms with E-state index in [0.717, 1.165) is 17.4 Å². The fourth-order valence-corrected chi connectivity index (χ4v) is 2.77. The summed E-state index contributed by atoms with van der Waals surface area (Å²) in [5.74, 6) is 0. The lowest BCUT2D eigenvalue weighted by molar-refractivity contribution is 0.557. The number of rotatable bonds is 5. The van der Waals surface area contributed by atoms with E-state index in [2.05, 4.69) is 56.0 Å². The van der Waals surface area contributed by atoms with Crippen LogP contribution in [0.1, 0.15) is 23.4 Å². The Morgan fingerprint density at radius 1 is 1.47 bits per heavy atom. The van der Waals surface area contributed by atoms with Crippen LogP contribution in [0.5, 0.6) is 0 Å². The van der Waals surface area contributed by atoms with Gasteiger partial charge in [0.2, 0.25) is 0 Å². The first-order valence-corrected chi connectivity index (χ1v) is 7.11. The van der Waals surface area contributed by atoms with E-state index >= 15 is 0 Å². The molecule has 1 heterocycles. The van der Waals surface area contributed by atoms with Gasteiger partial charge < -0.3 is 5.32 Å². The summed E-state index contributed by atoms with van der Waals surface area (Å²) in [7, 11) is 0. The number of aromatic nitrogens is 2. The van der Waals surface area contributed by atoms with Gasteiger partial charge in [0.25, 0.3) is 0 Å². The fraction of sp³-hybridized carbons (Fsp3) is 0.333. The average molecular weight is 312 g/mol. The lowest BCUT2D eigenvalue weighted by Crippen LogP contribution is -2.22. The summed E-state index contributed by atoms with van der Waals surface area (Å²) in [4.78, 5) is 1.19. The van der Waals surface area contributed by atoms with Crippen LogP contribution in [0.15, 0.2) is 34.9 Å². The summed E-state index contributed by atoms with van der Waals surface area (Å²) in [6.07, 6.45) is 2.80. The molecule has 0 spiro atoms. The van der Waals surface area contributed by atoms with Crippen LogP contribution in [-0.2, 0) is 6.42 Å². The van der Waals surface area contributed by atoms with E-state index < -0.39 is 0 Å². The van der Waals surface area contributed by atoms with Gasteiger partial charge in [0.15, 0.2) is 0 Å². The number of nitrogens with one attached hydrogen (secondary N) is 1. The normalized spacial score (nSPS) is 12.6. The molecule has 0 fully saturated rings. The molecule has 1 unspecified atom stereocenters. The van der Waals surface area contributed by atoms with Crippen molar-refractivity contribution in [2.75, 3.05) is 6.54 Å². The third-order valence-corrected chi connectivity index (χ3v) is 3.77. The van der Waals surface area contributed by atoms with Crippen molar-refractivity contribution in [2.45, 2.75) is 19.4 Å². The van der Waals surface area contributed by atoms with Crippen LogP contribution in [0.4, 0.5) is 0 Å². The van der Waals surface area contributed by atoms with Crippen LogP contribution < -0.4 is 5.32 Å². The van der Waals surface area contributed by atoms with Gasteiger partial charge in [-0.05, 0) is 42.2 Å². The lowest BCUT2D eigenvalue weighted by Gasteiger charge is -2.15. The van der Waals surface area contributed by atoms with Gasteiger partial charge in [-0.15, -0.1) is 5.10 Å². The van der Waals surface area contributed by atoms with Gasteiger partial charge in [-0.25, -0.2) is 0 Å². The molecule has 5 heteroatoms. The molecule has 0 aliphatic heterocycles. The lowest BCUT2D eigenvalue weighted by atomic mass is 10.1. The number of likely N-dealkylation sites (N-methyl/N-ethyl adjacent to an activating group) is 1. The summed E-state index contributed by atoms with van der Waals surface area (Å²) in [6, 6.07) is 8.70. The smallest absolute Gasteiger partial charge is 0.0669 e. The Morgan fingerprint density at radius 2 is 2.35 bits per heavy atom. The Labute approximate surface area is 114 Å². The summed E-state index contributed by atoms with van der Waals surface area (Å²) in [5.41, 5.74) is 1.30. The van der Waals surface area contributed by atoms with Crippen LogP contribution in [0.25, 0.3) is 0 Å². The quantitative estimate of drug-likeness (QED) is 0.921. The van der Waals surface area contributed by atoms with Gasteiger partial charge in [0.1, 0.15) is 0 Å². The molecule has 17 heavy (non-hydrogen) atoms. The van der Waals surface area contributed by atoms with E-state index in [1.165, 1.54) is 22.0 Å². The number of halogens is 1. The van der Waals surface area contributed by atoms with Crippen LogP contribution in [0, 0.1) is 0 Å². The van der Waals surface area contributed by atoms with Gasteiger partial charge in [0, 0.05) is 10.5 Å². The third-order valence-electron chi connectivity index (χ3n) is 2.50. The maximum absolute atomic E-state index is 3.93. The zero-order valence-electron chi connectivity index (χ0n) is 9.56. The van der Waals surface area contributed by atoms with Crippen LogP contribution >= 0.6 is 27.5 Å². The highest BCUT2D eigenvalue weighted by atomic mass is 79.9. The first-order valence-electron chi connectivity index (χ1n) is 5.54. The maximum atomic E-state index is 3.93. The second kappa shape index (κ2) is 6.23. The molecule has 0 aliphatic rings. The molecular weight excluding hydrogens is 298 g/mol. The van der Waals surface area contributed by atoms with Gasteiger partial charge in [0.05, 0.1) is 11.1 Å². The molecule has 0 saturated heterocycles. The molecule has 1 aromatic heterocycles. The minimum atomic E-state index is 0.300. The summed E-state index contributed by atoms with van der Waals surface area (Å²) in [5, 5.41) is 7.37. The molecule has 1 aromatic carbocycles. The van der Waals surface area contributed by atoms with Crippen molar-refractivity contribution in [1.29, 1.82) is 0 Å². The first-order chi connectivity index (χ1) is 8.29. The number of hydrogen-bond acceptors (Lipinski definition) is 4. The molecule has 2 aromatic rings. The highest BCUT2D eigenvalue weighted by Crippen LogP contribution is 2.22. The highest BCUT2D eigenvalue weighted by molar-refractivity contribution is 9.10. The molecular formula is C12H14BrN3S. The van der Waals surface area contributed by atoms with E-state index in [1.807, 2.05) is 12.3 Å². The van der Waals surface area contributed by atoms with E-state index in [9.17, 15) is 0 Å². The topological polar surface area (TPSA) is 37.8 Å². The van der Waals surface area contributed by atoms with Crippen molar-refractivity contribution in [3.05, 3.63) is 45.4 Å². The minimum Gasteiger partial charge on any atom is -0.309 e. The van der Waals surface area contributed by atoms with Crippen molar-refractivity contribution in [2.24, 2.45) is 0 Å². The van der Waals surface area contributed by atoms with Crippen LogP contribution in [0.2, 0.25) is 0 Å². The predicted molar refractivity (Wildman–Crippen MR) is 74.2 cm³/mol. The molecule has 0 amide bonds. The zero-order chi connectivity index (χ0) is 12.1. The maximum Gasteiger partial charge on any atom is 0.0669 e. The minimum absolute atomic E-state index is 0.300. The molecule has 1 N–H and O–H groups in total. The van der Waals surface area contributed by atoms with E-state index in [4.69, 9.17) is 0 Å². The van der Waals surface area contributed by atoms with Crippen molar-refractivity contribution in [3.8, 4) is 0 Å². The molecule has 90 valence electrons. The van der Waals surface area contributed by atoms with Crippen molar-refractivity contribution < 1.29 is 0 Å². The van der Waals surface area contributed by atoms with Crippen molar-refractivity contribution in [3.63, 3.8) is 0 Å². The van der Waals surface area contributed by atoms with Crippen LogP contribution in [0.3, 0.4) is 0 Å². The van der Waals surface area contributed by atoms with E-state index in [0.29, 0.717) is 6.04 Å². The number of hydrogen-bond donors (Lipinski definition) is 1. The summed E-state index contributed by atoms with van der Waals surface area (Å²) < 4.78 is 5.05. The Bertz CT molecular complexity index is 459. The molecule has 0 aliphatic carbocycles. The second-order valence-corrected chi connectivity index (χ2v) is 5.50. The van der Waals surface area contributed by atoms with Gasteiger partial charge in [-0.2, -0.15) is 0 Å². The Morgan fingerprint density at radius 3 is 3.00 bits per heavy atom. The first kappa shape index (κ1) is 12.7. The zero-order valence-corrected chi connectivity index (χ0v) is 12.0. The number of benzene rings is 1. The molecule has 0 saturated carbocycles. The summed E-state index contributed by atoms with van der Waals surface area (Å²) >= 11 is 4.96.